The molecule has 0 spiro atoms. The van der Waals surface area contributed by atoms with Gasteiger partial charge in [0.1, 0.15) is 5.78 Å². The fourth-order valence-corrected chi connectivity index (χ4v) is 3.87. The first kappa shape index (κ1) is 12.3. The highest BCUT2D eigenvalue weighted by atomic mass is 16.6. The average molecular weight is 252 g/mol. The number of ether oxygens (including phenoxy) is 1. The van der Waals surface area contributed by atoms with Crippen molar-refractivity contribution >= 4 is 5.78 Å². The Labute approximate surface area is 107 Å². The van der Waals surface area contributed by atoms with Crippen molar-refractivity contribution in [2.24, 2.45) is 23.2 Å². The van der Waals surface area contributed by atoms with Crippen LogP contribution in [-0.2, 0) is 9.53 Å². The van der Waals surface area contributed by atoms with Gasteiger partial charge in [-0.15, -0.1) is 0 Å². The Bertz CT molecular complexity index is 412. The molecule has 2 N–H and O–H groups in total. The largest absolute Gasteiger partial charge is 0.392 e. The number of hydrogen-bond donors (Lipinski definition) is 2. The summed E-state index contributed by atoms with van der Waals surface area (Å²) in [5, 5.41) is 20.1. The summed E-state index contributed by atoms with van der Waals surface area (Å²) in [6.45, 7) is 4.47. The number of rotatable bonds is 0. The van der Waals surface area contributed by atoms with Crippen LogP contribution >= 0.6 is 0 Å². The Morgan fingerprint density at radius 3 is 2.78 bits per heavy atom. The van der Waals surface area contributed by atoms with Crippen molar-refractivity contribution in [3.63, 3.8) is 0 Å². The second-order valence-electron chi connectivity index (χ2n) is 6.38. The fourth-order valence-electron chi connectivity index (χ4n) is 3.87. The summed E-state index contributed by atoms with van der Waals surface area (Å²) in [5.74, 6) is -0.213. The Kier molecular flexibility index (Phi) is 2.66. The highest BCUT2D eigenvalue weighted by Gasteiger charge is 2.55. The monoisotopic (exact) mass is 252 g/mol. The van der Waals surface area contributed by atoms with Crippen LogP contribution in [0.15, 0.2) is 11.6 Å². The van der Waals surface area contributed by atoms with Gasteiger partial charge >= 0.3 is 0 Å². The molecule has 4 nitrogen and oxygen atoms in total. The normalized spacial score (nSPS) is 46.3. The molecular formula is C14H20O4. The molecule has 1 heterocycles. The summed E-state index contributed by atoms with van der Waals surface area (Å²) in [6, 6.07) is 0. The molecular weight excluding hydrogens is 232 g/mol. The van der Waals surface area contributed by atoms with E-state index in [1.165, 1.54) is 0 Å². The number of hydrogen-bond acceptors (Lipinski definition) is 4. The van der Waals surface area contributed by atoms with Gasteiger partial charge in [-0.2, -0.15) is 0 Å². The first-order valence-electron chi connectivity index (χ1n) is 6.62. The van der Waals surface area contributed by atoms with Crippen molar-refractivity contribution in [1.82, 2.24) is 0 Å². The van der Waals surface area contributed by atoms with E-state index in [2.05, 4.69) is 6.08 Å². The van der Waals surface area contributed by atoms with Crippen molar-refractivity contribution in [1.29, 1.82) is 0 Å². The first-order valence-corrected chi connectivity index (χ1v) is 6.62. The molecule has 5 unspecified atom stereocenters. The first-order chi connectivity index (χ1) is 8.43. The molecule has 4 heteroatoms. The second-order valence-corrected chi connectivity index (χ2v) is 6.38. The SMILES string of the molecule is CC1(C)C(O)CC(=O)C2C3C(=CCC21)COC3O. The number of allylic oxidation sites excluding steroid dienone is 1. The van der Waals surface area contributed by atoms with Crippen molar-refractivity contribution in [2.45, 2.75) is 39.1 Å². The standard InChI is InChI=1S/C14H20O4/c1-14(2)8-4-3-7-6-18-13(17)11(7)12(8)9(15)5-10(14)16/h3,8,10-13,16-17H,4-6H2,1-2H3. The molecule has 0 amide bonds. The molecule has 0 aromatic carbocycles. The lowest BCUT2D eigenvalue weighted by atomic mass is 9.55. The highest BCUT2D eigenvalue weighted by Crippen LogP contribution is 2.53. The van der Waals surface area contributed by atoms with Crippen LogP contribution in [0.2, 0.25) is 0 Å². The fraction of sp³-hybridized carbons (Fsp3) is 0.786. The molecule has 5 atom stereocenters. The topological polar surface area (TPSA) is 66.8 Å². The molecule has 18 heavy (non-hydrogen) atoms. The zero-order chi connectivity index (χ0) is 13.1. The molecule has 1 saturated carbocycles. The van der Waals surface area contributed by atoms with Gasteiger partial charge < -0.3 is 14.9 Å². The Morgan fingerprint density at radius 2 is 2.06 bits per heavy atom. The third-order valence-corrected chi connectivity index (χ3v) is 5.19. The number of Topliss-reactive ketones (excluding diaryl/α,β-unsaturated/α-hetero) is 1. The van der Waals surface area contributed by atoms with E-state index >= 15 is 0 Å². The molecule has 1 aliphatic heterocycles. The van der Waals surface area contributed by atoms with Crippen molar-refractivity contribution in [2.75, 3.05) is 6.61 Å². The zero-order valence-corrected chi connectivity index (χ0v) is 10.8. The number of carbonyl (C=O) groups is 1. The molecule has 3 aliphatic rings. The lowest BCUT2D eigenvalue weighted by molar-refractivity contribution is -0.156. The predicted molar refractivity (Wildman–Crippen MR) is 64.5 cm³/mol. The van der Waals surface area contributed by atoms with E-state index < -0.39 is 12.4 Å². The average Bonchev–Trinajstić information content (AvgIpc) is 2.68. The lowest BCUT2D eigenvalue weighted by Crippen LogP contribution is -2.53. The molecule has 2 fully saturated rings. The molecule has 0 radical (unpaired) electrons. The van der Waals surface area contributed by atoms with Gasteiger partial charge in [-0.1, -0.05) is 19.9 Å². The van der Waals surface area contributed by atoms with Gasteiger partial charge in [0, 0.05) is 18.3 Å². The van der Waals surface area contributed by atoms with Gasteiger partial charge in [0.2, 0.25) is 0 Å². The van der Waals surface area contributed by atoms with Gasteiger partial charge in [-0.3, -0.25) is 4.79 Å². The van der Waals surface area contributed by atoms with E-state index in [4.69, 9.17) is 4.74 Å². The van der Waals surface area contributed by atoms with Gasteiger partial charge in [0.05, 0.1) is 12.7 Å². The van der Waals surface area contributed by atoms with Crippen LogP contribution in [0.5, 0.6) is 0 Å². The van der Waals surface area contributed by atoms with Crippen LogP contribution in [0.1, 0.15) is 26.7 Å². The molecule has 0 aromatic heterocycles. The molecule has 0 aromatic rings. The van der Waals surface area contributed by atoms with Crippen molar-refractivity contribution < 1.29 is 19.7 Å². The van der Waals surface area contributed by atoms with E-state index in [0.29, 0.717) is 6.61 Å². The van der Waals surface area contributed by atoms with E-state index in [1.54, 1.807) is 0 Å². The van der Waals surface area contributed by atoms with Gasteiger partial charge in [-0.25, -0.2) is 0 Å². The summed E-state index contributed by atoms with van der Waals surface area (Å²) < 4.78 is 5.26. The lowest BCUT2D eigenvalue weighted by Gasteiger charge is -2.50. The van der Waals surface area contributed by atoms with Crippen LogP contribution in [0.25, 0.3) is 0 Å². The minimum atomic E-state index is -0.862. The van der Waals surface area contributed by atoms with Crippen LogP contribution in [-0.4, -0.2) is 35.0 Å². The Morgan fingerprint density at radius 1 is 1.33 bits per heavy atom. The number of fused-ring (bicyclic) bond motifs is 3. The molecule has 1 saturated heterocycles. The molecule has 0 bridgehead atoms. The Hall–Kier alpha value is -0.710. The smallest absolute Gasteiger partial charge is 0.162 e. The maximum Gasteiger partial charge on any atom is 0.162 e. The molecule has 100 valence electrons. The second kappa shape index (κ2) is 3.89. The summed E-state index contributed by atoms with van der Waals surface area (Å²) in [4.78, 5) is 12.3. The quantitative estimate of drug-likeness (QED) is 0.628. The zero-order valence-electron chi connectivity index (χ0n) is 10.8. The minimum Gasteiger partial charge on any atom is -0.392 e. The van der Waals surface area contributed by atoms with E-state index in [1.807, 2.05) is 13.8 Å². The Balaban J connectivity index is 2.01. The van der Waals surface area contributed by atoms with Gasteiger partial charge in [-0.05, 0) is 23.3 Å². The summed E-state index contributed by atoms with van der Waals surface area (Å²) in [5.41, 5.74) is 0.771. The number of ketones is 1. The molecule has 3 rings (SSSR count). The van der Waals surface area contributed by atoms with E-state index in [9.17, 15) is 15.0 Å². The van der Waals surface area contributed by atoms with Crippen molar-refractivity contribution in [3.8, 4) is 0 Å². The van der Waals surface area contributed by atoms with Crippen molar-refractivity contribution in [3.05, 3.63) is 11.6 Å². The van der Waals surface area contributed by atoms with Gasteiger partial charge in [0.25, 0.3) is 0 Å². The number of aliphatic hydroxyl groups excluding tert-OH is 2. The predicted octanol–water partition coefficient (Wildman–Crippen LogP) is 0.874. The summed E-state index contributed by atoms with van der Waals surface area (Å²) >= 11 is 0. The van der Waals surface area contributed by atoms with E-state index in [-0.39, 0.29) is 35.4 Å². The third-order valence-electron chi connectivity index (χ3n) is 5.19. The maximum atomic E-state index is 12.3. The third kappa shape index (κ3) is 1.52. The summed E-state index contributed by atoms with van der Waals surface area (Å²) in [7, 11) is 0. The van der Waals surface area contributed by atoms with Crippen LogP contribution < -0.4 is 0 Å². The van der Waals surface area contributed by atoms with Crippen LogP contribution in [0, 0.1) is 23.2 Å². The van der Waals surface area contributed by atoms with Crippen LogP contribution in [0.3, 0.4) is 0 Å². The summed E-state index contributed by atoms with van der Waals surface area (Å²) in [6.07, 6.45) is 1.64. The number of aliphatic hydroxyl groups is 2. The van der Waals surface area contributed by atoms with E-state index in [0.717, 1.165) is 12.0 Å². The van der Waals surface area contributed by atoms with Crippen LogP contribution in [0.4, 0.5) is 0 Å². The molecule has 2 aliphatic carbocycles. The maximum absolute atomic E-state index is 12.3. The minimum absolute atomic E-state index is 0.0759. The highest BCUT2D eigenvalue weighted by molar-refractivity contribution is 5.84. The number of carbonyl (C=O) groups excluding carboxylic acids is 1. The van der Waals surface area contributed by atoms with Gasteiger partial charge in [0.15, 0.2) is 6.29 Å².